The highest BCUT2D eigenvalue weighted by atomic mass is 32.2. The fraction of sp³-hybridized carbons (Fsp3) is 0. The maximum Gasteiger partial charge on any atom is 0.335 e. The quantitative estimate of drug-likeness (QED) is 0.265. The lowest BCUT2D eigenvalue weighted by atomic mass is 10.1. The van der Waals surface area contributed by atoms with Crippen LogP contribution in [0.25, 0.3) is 44.9 Å². The molecule has 172 valence electrons. The summed E-state index contributed by atoms with van der Waals surface area (Å²) < 4.78 is 6.76. The van der Waals surface area contributed by atoms with Crippen LogP contribution in [-0.4, -0.2) is 42.1 Å². The number of carbonyl (C=O) groups is 2. The van der Waals surface area contributed by atoms with Gasteiger partial charge in [0, 0.05) is 18.0 Å². The van der Waals surface area contributed by atoms with Crippen molar-refractivity contribution >= 4 is 35.9 Å². The molecule has 9 nitrogen and oxygen atoms in total. The second kappa shape index (κ2) is 9.12. The van der Waals surface area contributed by atoms with Gasteiger partial charge < -0.3 is 14.6 Å². The van der Waals surface area contributed by atoms with Crippen LogP contribution in [0.3, 0.4) is 0 Å². The van der Waals surface area contributed by atoms with Crippen molar-refractivity contribution in [3.05, 3.63) is 78.2 Å². The number of hydrogen-bond donors (Lipinski definition) is 3. The Labute approximate surface area is 207 Å². The van der Waals surface area contributed by atoms with Crippen molar-refractivity contribution in [1.82, 2.24) is 19.9 Å². The summed E-state index contributed by atoms with van der Waals surface area (Å²) in [5, 5.41) is 18.9. The van der Waals surface area contributed by atoms with Gasteiger partial charge in [-0.2, -0.15) is 0 Å². The third-order valence-electron chi connectivity index (χ3n) is 4.95. The summed E-state index contributed by atoms with van der Waals surface area (Å²) in [5.41, 5.74) is 1.67. The molecule has 0 saturated carbocycles. The number of oxazole rings is 1. The Morgan fingerprint density at radius 3 is 2.11 bits per heavy atom. The third-order valence-corrected chi connectivity index (χ3v) is 6.28. The molecule has 5 heterocycles. The molecule has 0 spiro atoms. The highest BCUT2D eigenvalue weighted by Crippen LogP contribution is 2.33. The lowest BCUT2D eigenvalue weighted by molar-refractivity contribution is 0.0686. The van der Waals surface area contributed by atoms with E-state index < -0.39 is 11.9 Å². The number of carboxylic acid groups (broad SMARTS) is 2. The largest absolute Gasteiger partial charge is 0.478 e. The average Bonchev–Trinajstić information content (AvgIpc) is 3.53. The summed E-state index contributed by atoms with van der Waals surface area (Å²) in [5.74, 6) is -1.34. The Balaban J connectivity index is 1.56. The van der Waals surface area contributed by atoms with Crippen molar-refractivity contribution < 1.29 is 24.2 Å². The predicted molar refractivity (Wildman–Crippen MR) is 131 cm³/mol. The van der Waals surface area contributed by atoms with Crippen LogP contribution in [0.5, 0.6) is 0 Å². The standard InChI is InChI=1S/C24H14N4O5S2/c29-23(30)13-4-6-26-16(8-13)18-10-14(24(31)32)9-17(28-18)15-7-12(3-5-25-15)22-27-11-19(33-22)20-1-2-21(34)35-20/h1-11,34H,(H,29,30)(H,31,32). The summed E-state index contributed by atoms with van der Waals surface area (Å²) in [4.78, 5) is 41.4. The Hall–Kier alpha value is -4.35. The van der Waals surface area contributed by atoms with E-state index in [-0.39, 0.29) is 28.2 Å². The molecule has 0 aliphatic heterocycles. The van der Waals surface area contributed by atoms with E-state index in [2.05, 4.69) is 32.6 Å². The average molecular weight is 503 g/mol. The van der Waals surface area contributed by atoms with E-state index >= 15 is 0 Å². The van der Waals surface area contributed by atoms with Crippen LogP contribution in [0, 0.1) is 0 Å². The number of carboxylic acids is 2. The van der Waals surface area contributed by atoms with Crippen LogP contribution in [0.2, 0.25) is 0 Å². The molecular weight excluding hydrogens is 488 g/mol. The van der Waals surface area contributed by atoms with Gasteiger partial charge >= 0.3 is 11.9 Å². The number of thiol groups is 1. The van der Waals surface area contributed by atoms with E-state index in [1.807, 2.05) is 12.1 Å². The van der Waals surface area contributed by atoms with E-state index in [1.54, 1.807) is 24.5 Å². The SMILES string of the molecule is O=C(O)c1ccnc(-c2cc(C(=O)O)cc(-c3cc(-c4ncc(-c5ccc(S)s5)o4)ccn3)n2)c1. The van der Waals surface area contributed by atoms with E-state index in [9.17, 15) is 19.8 Å². The normalized spacial score (nSPS) is 10.9. The number of hydrogen-bond acceptors (Lipinski definition) is 9. The minimum absolute atomic E-state index is 0.00896. The maximum absolute atomic E-state index is 11.8. The molecule has 5 rings (SSSR count). The number of rotatable bonds is 6. The molecule has 0 aromatic carbocycles. The zero-order valence-electron chi connectivity index (χ0n) is 17.6. The zero-order valence-corrected chi connectivity index (χ0v) is 19.3. The van der Waals surface area contributed by atoms with Gasteiger partial charge in [0.25, 0.3) is 0 Å². The van der Waals surface area contributed by atoms with Gasteiger partial charge in [-0.3, -0.25) is 9.97 Å². The molecule has 0 saturated heterocycles. The minimum atomic E-state index is -1.17. The van der Waals surface area contributed by atoms with E-state index in [4.69, 9.17) is 4.42 Å². The number of nitrogens with zero attached hydrogens (tertiary/aromatic N) is 4. The maximum atomic E-state index is 11.8. The van der Waals surface area contributed by atoms with Crippen LogP contribution < -0.4 is 0 Å². The van der Waals surface area contributed by atoms with Gasteiger partial charge in [0.15, 0.2) is 5.76 Å². The van der Waals surface area contributed by atoms with Gasteiger partial charge in [-0.25, -0.2) is 19.6 Å². The predicted octanol–water partition coefficient (Wildman–Crippen LogP) is 5.27. The summed E-state index contributed by atoms with van der Waals surface area (Å²) in [6.07, 6.45) is 4.50. The first-order valence-electron chi connectivity index (χ1n) is 10.0. The number of aromatic carboxylic acids is 2. The number of aromatic nitrogens is 4. The van der Waals surface area contributed by atoms with Crippen LogP contribution in [0.15, 0.2) is 75.7 Å². The Morgan fingerprint density at radius 1 is 0.800 bits per heavy atom. The van der Waals surface area contributed by atoms with Crippen LogP contribution in [0.1, 0.15) is 20.7 Å². The molecule has 0 aliphatic rings. The smallest absolute Gasteiger partial charge is 0.335 e. The van der Waals surface area contributed by atoms with Crippen molar-refractivity contribution in [2.24, 2.45) is 0 Å². The molecule has 35 heavy (non-hydrogen) atoms. The molecule has 0 atom stereocenters. The molecule has 11 heteroatoms. The summed E-state index contributed by atoms with van der Waals surface area (Å²) in [6, 6.07) is 12.6. The molecule has 0 aliphatic carbocycles. The Bertz CT molecular complexity index is 1590. The monoisotopic (exact) mass is 502 g/mol. The molecule has 5 aromatic heterocycles. The first-order valence-corrected chi connectivity index (χ1v) is 11.3. The van der Waals surface area contributed by atoms with Gasteiger partial charge in [0.1, 0.15) is 0 Å². The summed E-state index contributed by atoms with van der Waals surface area (Å²) in [6.45, 7) is 0. The summed E-state index contributed by atoms with van der Waals surface area (Å²) >= 11 is 5.79. The van der Waals surface area contributed by atoms with Crippen molar-refractivity contribution in [2.75, 3.05) is 0 Å². The second-order valence-electron chi connectivity index (χ2n) is 7.26. The molecule has 0 unspecified atom stereocenters. The van der Waals surface area contributed by atoms with Gasteiger partial charge in [0.05, 0.1) is 49.2 Å². The highest BCUT2D eigenvalue weighted by Gasteiger charge is 2.16. The molecular formula is C24H14N4O5S2. The van der Waals surface area contributed by atoms with Crippen LogP contribution >= 0.6 is 24.0 Å². The first-order chi connectivity index (χ1) is 16.9. The van der Waals surface area contributed by atoms with Gasteiger partial charge in [0.2, 0.25) is 5.89 Å². The molecule has 0 bridgehead atoms. The fourth-order valence-corrected chi connectivity index (χ4v) is 4.37. The topological polar surface area (TPSA) is 139 Å². The minimum Gasteiger partial charge on any atom is -0.478 e. The molecule has 0 fully saturated rings. The highest BCUT2D eigenvalue weighted by molar-refractivity contribution is 7.83. The molecule has 2 N–H and O–H groups in total. The number of thiophene rings is 1. The van der Waals surface area contributed by atoms with E-state index in [0.717, 1.165) is 9.09 Å². The van der Waals surface area contributed by atoms with E-state index in [1.165, 1.54) is 41.8 Å². The Kier molecular flexibility index (Phi) is 5.85. The first kappa shape index (κ1) is 22.4. The van der Waals surface area contributed by atoms with Crippen LogP contribution in [0.4, 0.5) is 0 Å². The van der Waals surface area contributed by atoms with Crippen molar-refractivity contribution in [3.63, 3.8) is 0 Å². The Morgan fingerprint density at radius 2 is 1.46 bits per heavy atom. The lowest BCUT2D eigenvalue weighted by Gasteiger charge is -2.08. The number of pyridine rings is 3. The molecule has 0 radical (unpaired) electrons. The fourth-order valence-electron chi connectivity index (χ4n) is 3.31. The van der Waals surface area contributed by atoms with Crippen molar-refractivity contribution in [1.29, 1.82) is 0 Å². The third kappa shape index (κ3) is 4.67. The van der Waals surface area contributed by atoms with Gasteiger partial charge in [-0.15, -0.1) is 24.0 Å². The van der Waals surface area contributed by atoms with Crippen molar-refractivity contribution in [3.8, 4) is 44.9 Å². The second-order valence-corrected chi connectivity index (χ2v) is 9.13. The van der Waals surface area contributed by atoms with Crippen LogP contribution in [-0.2, 0) is 0 Å². The van der Waals surface area contributed by atoms with Gasteiger partial charge in [-0.05, 0) is 48.5 Å². The lowest BCUT2D eigenvalue weighted by Crippen LogP contribution is -2.02. The molecule has 5 aromatic rings. The summed E-state index contributed by atoms with van der Waals surface area (Å²) in [7, 11) is 0. The molecule has 0 amide bonds. The zero-order chi connectivity index (χ0) is 24.5. The van der Waals surface area contributed by atoms with Crippen molar-refractivity contribution in [2.45, 2.75) is 4.21 Å². The van der Waals surface area contributed by atoms with E-state index in [0.29, 0.717) is 22.9 Å². The van der Waals surface area contributed by atoms with Gasteiger partial charge in [-0.1, -0.05) is 0 Å².